The van der Waals surface area contributed by atoms with Crippen molar-refractivity contribution in [2.75, 3.05) is 7.11 Å². The Morgan fingerprint density at radius 1 is 1.14 bits per heavy atom. The molecule has 3 fully saturated rings. The fourth-order valence-electron chi connectivity index (χ4n) is 5.34. The summed E-state index contributed by atoms with van der Waals surface area (Å²) in [6.45, 7) is -3.09. The van der Waals surface area contributed by atoms with Crippen molar-refractivity contribution in [1.82, 2.24) is 20.0 Å². The average Bonchev–Trinajstić information content (AvgIpc) is 3.46. The van der Waals surface area contributed by atoms with Gasteiger partial charge in [0.05, 0.1) is 19.0 Å². The van der Waals surface area contributed by atoms with Crippen molar-refractivity contribution < 1.29 is 27.8 Å². The third-order valence-corrected chi connectivity index (χ3v) is 7.15. The average molecular weight is 499 g/mol. The third kappa shape index (κ3) is 4.57. The van der Waals surface area contributed by atoms with Gasteiger partial charge in [0.25, 0.3) is 5.91 Å². The second-order valence-electron chi connectivity index (χ2n) is 9.76. The van der Waals surface area contributed by atoms with E-state index in [0.717, 1.165) is 31.4 Å². The van der Waals surface area contributed by atoms with E-state index in [-0.39, 0.29) is 29.2 Å². The van der Waals surface area contributed by atoms with Crippen LogP contribution in [0.4, 0.5) is 8.78 Å². The fraction of sp³-hybridized carbons (Fsp3) is 0.462. The first-order valence-electron chi connectivity index (χ1n) is 12.3. The lowest BCUT2D eigenvalue weighted by atomic mass is 10.0. The number of aromatic nitrogens is 2. The summed E-state index contributed by atoms with van der Waals surface area (Å²) in [6.07, 6.45) is 9.79. The highest BCUT2D eigenvalue weighted by molar-refractivity contribution is 6.01. The number of amides is 1. The summed E-state index contributed by atoms with van der Waals surface area (Å²) in [5, 5.41) is 6.43. The van der Waals surface area contributed by atoms with Crippen molar-refractivity contribution in [1.29, 1.82) is 0 Å². The van der Waals surface area contributed by atoms with Crippen molar-refractivity contribution in [2.24, 2.45) is 0 Å². The molecule has 2 aromatic heterocycles. The number of fused-ring (bicyclic) bond motifs is 3. The van der Waals surface area contributed by atoms with Gasteiger partial charge in [-0.1, -0.05) is 0 Å². The molecule has 1 aromatic carbocycles. The van der Waals surface area contributed by atoms with Gasteiger partial charge in [-0.2, -0.15) is 8.78 Å². The molecule has 2 atom stereocenters. The number of carbonyl (C=O) groups excluding carboxylic acids is 1. The minimum Gasteiger partial charge on any atom is -0.496 e. The van der Waals surface area contributed by atoms with Gasteiger partial charge in [0.1, 0.15) is 34.6 Å². The molecule has 1 aliphatic carbocycles. The first-order chi connectivity index (χ1) is 17.5. The SMILES string of the molecule is COc1cc(-c2cnc3cc(OC4CC5CCC(C4)N5)ccn23)cc(OC(F)F)c1C(=O)NC1CC1. The Morgan fingerprint density at radius 3 is 2.58 bits per heavy atom. The molecule has 0 radical (unpaired) electrons. The number of carbonyl (C=O) groups is 1. The van der Waals surface area contributed by atoms with Gasteiger partial charge in [-0.05, 0) is 56.7 Å². The van der Waals surface area contributed by atoms with Crippen LogP contribution in [-0.2, 0) is 0 Å². The van der Waals surface area contributed by atoms with Gasteiger partial charge in [-0.3, -0.25) is 9.20 Å². The predicted molar refractivity (Wildman–Crippen MR) is 128 cm³/mol. The van der Waals surface area contributed by atoms with Crippen LogP contribution >= 0.6 is 0 Å². The molecular formula is C26H28F2N4O4. The molecule has 8 nitrogen and oxygen atoms in total. The second-order valence-corrected chi connectivity index (χ2v) is 9.76. The van der Waals surface area contributed by atoms with Gasteiger partial charge < -0.3 is 24.8 Å². The van der Waals surface area contributed by atoms with Gasteiger partial charge >= 0.3 is 6.61 Å². The molecule has 2 N–H and O–H groups in total. The minimum atomic E-state index is -3.09. The molecule has 6 rings (SSSR count). The molecular weight excluding hydrogens is 470 g/mol. The number of nitrogens with zero attached hydrogens (tertiary/aromatic N) is 2. The van der Waals surface area contributed by atoms with Crippen LogP contribution in [0, 0.1) is 0 Å². The summed E-state index contributed by atoms with van der Waals surface area (Å²) >= 11 is 0. The first kappa shape index (κ1) is 23.0. The van der Waals surface area contributed by atoms with Crippen molar-refractivity contribution in [3.8, 4) is 28.5 Å². The molecule has 2 saturated heterocycles. The standard InChI is InChI=1S/C26H28F2N4O4/c1-34-21-8-14(9-22(36-26(27)28)24(21)25(33)31-15-2-3-15)20-13-29-23-12-18(6-7-32(20)23)35-19-10-16-4-5-17(11-19)30-16/h6-9,12-13,15-17,19,26,30H,2-5,10-11H2,1H3,(H,31,33). The number of imidazole rings is 1. The summed E-state index contributed by atoms with van der Waals surface area (Å²) in [7, 11) is 1.39. The van der Waals surface area contributed by atoms with Gasteiger partial charge in [0.15, 0.2) is 0 Å². The number of rotatable bonds is 8. The number of hydrogen-bond donors (Lipinski definition) is 2. The van der Waals surface area contributed by atoms with Crippen LogP contribution in [0.3, 0.4) is 0 Å². The largest absolute Gasteiger partial charge is 0.496 e. The normalized spacial score (nSPS) is 23.2. The number of piperidine rings is 1. The van der Waals surface area contributed by atoms with E-state index in [1.807, 2.05) is 22.7 Å². The van der Waals surface area contributed by atoms with E-state index < -0.39 is 12.5 Å². The Hall–Kier alpha value is -3.40. The van der Waals surface area contributed by atoms with Gasteiger partial charge in [0, 0.05) is 36.0 Å². The van der Waals surface area contributed by atoms with Gasteiger partial charge in [-0.15, -0.1) is 0 Å². The lowest BCUT2D eigenvalue weighted by molar-refractivity contribution is -0.0502. The number of ether oxygens (including phenoxy) is 3. The van der Waals surface area contributed by atoms with E-state index in [2.05, 4.69) is 15.6 Å². The van der Waals surface area contributed by atoms with Crippen molar-refractivity contribution in [3.05, 3.63) is 42.2 Å². The molecule has 2 aliphatic heterocycles. The Labute approximate surface area is 206 Å². The molecule has 2 bridgehead atoms. The monoisotopic (exact) mass is 498 g/mol. The van der Waals surface area contributed by atoms with Crippen LogP contribution in [0.15, 0.2) is 36.7 Å². The Balaban J connectivity index is 1.31. The smallest absolute Gasteiger partial charge is 0.387 e. The topological polar surface area (TPSA) is 86.1 Å². The Kier molecular flexibility index (Phi) is 5.91. The number of alkyl halides is 2. The van der Waals surface area contributed by atoms with Crippen LogP contribution in [-0.4, -0.2) is 53.2 Å². The molecule has 4 heterocycles. The molecule has 2 unspecified atom stereocenters. The van der Waals surface area contributed by atoms with Crippen LogP contribution in [0.25, 0.3) is 16.9 Å². The molecule has 190 valence electrons. The fourth-order valence-corrected chi connectivity index (χ4v) is 5.34. The molecule has 10 heteroatoms. The van der Waals surface area contributed by atoms with Gasteiger partial charge in [-0.25, -0.2) is 4.98 Å². The summed E-state index contributed by atoms with van der Waals surface area (Å²) in [5.41, 5.74) is 1.78. The Morgan fingerprint density at radius 2 is 1.89 bits per heavy atom. The van der Waals surface area contributed by atoms with E-state index in [1.54, 1.807) is 12.3 Å². The second kappa shape index (κ2) is 9.24. The van der Waals surface area contributed by atoms with Crippen LogP contribution in [0.2, 0.25) is 0 Å². The predicted octanol–water partition coefficient (Wildman–Crippen LogP) is 4.17. The lowest BCUT2D eigenvalue weighted by Gasteiger charge is -2.29. The van der Waals surface area contributed by atoms with Crippen LogP contribution < -0.4 is 24.8 Å². The zero-order valence-electron chi connectivity index (χ0n) is 19.9. The van der Waals surface area contributed by atoms with Crippen molar-refractivity contribution in [2.45, 2.75) is 69.4 Å². The zero-order valence-corrected chi connectivity index (χ0v) is 19.9. The molecule has 3 aromatic rings. The van der Waals surface area contributed by atoms with Gasteiger partial charge in [0.2, 0.25) is 0 Å². The lowest BCUT2D eigenvalue weighted by Crippen LogP contribution is -2.42. The third-order valence-electron chi connectivity index (χ3n) is 7.15. The zero-order chi connectivity index (χ0) is 24.8. The van der Waals surface area contributed by atoms with E-state index in [9.17, 15) is 13.6 Å². The highest BCUT2D eigenvalue weighted by Gasteiger charge is 2.34. The summed E-state index contributed by atoms with van der Waals surface area (Å²) in [6, 6.07) is 7.94. The molecule has 0 spiro atoms. The maximum absolute atomic E-state index is 13.3. The number of nitrogens with one attached hydrogen (secondary N) is 2. The van der Waals surface area contributed by atoms with E-state index in [1.165, 1.54) is 26.0 Å². The molecule has 1 amide bonds. The van der Waals surface area contributed by atoms with E-state index >= 15 is 0 Å². The summed E-state index contributed by atoms with van der Waals surface area (Å²) in [4.78, 5) is 17.3. The number of methoxy groups -OCH3 is 1. The molecule has 36 heavy (non-hydrogen) atoms. The summed E-state index contributed by atoms with van der Waals surface area (Å²) < 4.78 is 44.8. The number of pyridine rings is 1. The van der Waals surface area contributed by atoms with Crippen LogP contribution in [0.1, 0.15) is 48.9 Å². The van der Waals surface area contributed by atoms with Crippen LogP contribution in [0.5, 0.6) is 17.2 Å². The molecule has 3 aliphatic rings. The number of hydrogen-bond acceptors (Lipinski definition) is 6. The maximum Gasteiger partial charge on any atom is 0.387 e. The molecule has 1 saturated carbocycles. The quantitative estimate of drug-likeness (QED) is 0.485. The van der Waals surface area contributed by atoms with E-state index in [0.29, 0.717) is 29.0 Å². The first-order valence-corrected chi connectivity index (χ1v) is 12.3. The Bertz CT molecular complexity index is 1280. The summed E-state index contributed by atoms with van der Waals surface area (Å²) in [5.74, 6) is 0.157. The highest BCUT2D eigenvalue weighted by Crippen LogP contribution is 2.37. The number of halogens is 2. The van der Waals surface area contributed by atoms with E-state index in [4.69, 9.17) is 14.2 Å². The van der Waals surface area contributed by atoms with Crippen molar-refractivity contribution in [3.63, 3.8) is 0 Å². The van der Waals surface area contributed by atoms with Crippen molar-refractivity contribution >= 4 is 11.6 Å². The maximum atomic E-state index is 13.3. The number of benzene rings is 1. The minimum absolute atomic E-state index is 0.0473. The highest BCUT2D eigenvalue weighted by atomic mass is 19.3.